The number of rotatable bonds is 5. The standard InChI is InChI=1S/C17H17N5O2/c1-11-8-14(6-7-19-11)22-17(20-12(2)21-22)13-4-3-5-15(9-13)24-10-16(18)23/h3-9H,10H2,1-2H3,(H2,18,23). The first kappa shape index (κ1) is 15.7. The van der Waals surface area contributed by atoms with E-state index in [0.717, 1.165) is 16.9 Å². The van der Waals surface area contributed by atoms with Crippen LogP contribution in [0.4, 0.5) is 0 Å². The van der Waals surface area contributed by atoms with E-state index in [1.807, 2.05) is 38.1 Å². The largest absolute Gasteiger partial charge is 0.484 e. The summed E-state index contributed by atoms with van der Waals surface area (Å²) >= 11 is 0. The van der Waals surface area contributed by atoms with Crippen LogP contribution >= 0.6 is 0 Å². The third kappa shape index (κ3) is 3.40. The molecule has 122 valence electrons. The third-order valence-electron chi connectivity index (χ3n) is 3.31. The highest BCUT2D eigenvalue weighted by Gasteiger charge is 2.13. The molecule has 0 spiro atoms. The molecule has 7 nitrogen and oxygen atoms in total. The zero-order chi connectivity index (χ0) is 17.1. The lowest BCUT2D eigenvalue weighted by Crippen LogP contribution is -2.20. The number of nitrogens with two attached hydrogens (primary N) is 1. The summed E-state index contributed by atoms with van der Waals surface area (Å²) in [6.07, 6.45) is 1.73. The molecular formula is C17H17N5O2. The zero-order valence-electron chi connectivity index (χ0n) is 13.4. The minimum atomic E-state index is -0.522. The Hall–Kier alpha value is -3.22. The van der Waals surface area contributed by atoms with Crippen LogP contribution in [0, 0.1) is 13.8 Å². The maximum absolute atomic E-state index is 10.9. The van der Waals surface area contributed by atoms with Crippen LogP contribution < -0.4 is 10.5 Å². The summed E-state index contributed by atoms with van der Waals surface area (Å²) in [5, 5.41) is 4.47. The van der Waals surface area contributed by atoms with Gasteiger partial charge in [-0.05, 0) is 38.1 Å². The van der Waals surface area contributed by atoms with Gasteiger partial charge < -0.3 is 10.5 Å². The Morgan fingerprint density at radius 3 is 2.83 bits per heavy atom. The number of benzene rings is 1. The van der Waals surface area contributed by atoms with Gasteiger partial charge in [-0.2, -0.15) is 5.10 Å². The number of primary amides is 1. The second-order valence-corrected chi connectivity index (χ2v) is 5.33. The van der Waals surface area contributed by atoms with E-state index in [9.17, 15) is 4.79 Å². The van der Waals surface area contributed by atoms with Crippen molar-refractivity contribution in [3.05, 3.63) is 54.1 Å². The molecule has 0 bridgehead atoms. The summed E-state index contributed by atoms with van der Waals surface area (Å²) in [4.78, 5) is 19.6. The predicted molar refractivity (Wildman–Crippen MR) is 88.8 cm³/mol. The highest BCUT2D eigenvalue weighted by Crippen LogP contribution is 2.25. The lowest BCUT2D eigenvalue weighted by molar-refractivity contribution is -0.119. The molecule has 1 amide bonds. The molecule has 0 atom stereocenters. The Balaban J connectivity index is 2.01. The van der Waals surface area contributed by atoms with E-state index in [1.165, 1.54) is 0 Å². The Kier molecular flexibility index (Phi) is 4.24. The molecule has 0 aliphatic heterocycles. The fourth-order valence-electron chi connectivity index (χ4n) is 2.32. The van der Waals surface area contributed by atoms with E-state index >= 15 is 0 Å². The Morgan fingerprint density at radius 2 is 2.08 bits per heavy atom. The average Bonchev–Trinajstić information content (AvgIpc) is 2.95. The minimum Gasteiger partial charge on any atom is -0.484 e. The monoisotopic (exact) mass is 323 g/mol. The molecular weight excluding hydrogens is 306 g/mol. The van der Waals surface area contributed by atoms with Crippen molar-refractivity contribution in [1.82, 2.24) is 19.7 Å². The number of hydrogen-bond acceptors (Lipinski definition) is 5. The lowest BCUT2D eigenvalue weighted by Gasteiger charge is -2.08. The lowest BCUT2D eigenvalue weighted by atomic mass is 10.2. The fourth-order valence-corrected chi connectivity index (χ4v) is 2.32. The maximum Gasteiger partial charge on any atom is 0.255 e. The van der Waals surface area contributed by atoms with E-state index in [1.54, 1.807) is 23.0 Å². The molecule has 1 aromatic carbocycles. The van der Waals surface area contributed by atoms with Gasteiger partial charge in [0.2, 0.25) is 0 Å². The summed E-state index contributed by atoms with van der Waals surface area (Å²) in [5.41, 5.74) is 7.71. The van der Waals surface area contributed by atoms with E-state index in [4.69, 9.17) is 10.5 Å². The molecule has 3 rings (SSSR count). The van der Waals surface area contributed by atoms with Crippen LogP contribution in [0.2, 0.25) is 0 Å². The topological polar surface area (TPSA) is 95.9 Å². The predicted octanol–water partition coefficient (Wildman–Crippen LogP) is 1.81. The van der Waals surface area contributed by atoms with Gasteiger partial charge in [-0.3, -0.25) is 9.78 Å². The first-order valence-electron chi connectivity index (χ1n) is 7.41. The molecule has 0 saturated carbocycles. The number of aryl methyl sites for hydroxylation is 2. The van der Waals surface area contributed by atoms with E-state index in [-0.39, 0.29) is 6.61 Å². The number of nitrogens with zero attached hydrogens (tertiary/aromatic N) is 4. The Labute approximate surface area is 139 Å². The van der Waals surface area contributed by atoms with Crippen molar-refractivity contribution in [2.75, 3.05) is 6.61 Å². The summed E-state index contributed by atoms with van der Waals surface area (Å²) in [6, 6.07) is 11.1. The number of carbonyl (C=O) groups is 1. The quantitative estimate of drug-likeness (QED) is 0.772. The maximum atomic E-state index is 10.9. The molecule has 0 aliphatic rings. The van der Waals surface area contributed by atoms with E-state index in [2.05, 4.69) is 15.1 Å². The molecule has 2 N–H and O–H groups in total. The van der Waals surface area contributed by atoms with Crippen molar-refractivity contribution < 1.29 is 9.53 Å². The highest BCUT2D eigenvalue weighted by molar-refractivity contribution is 5.75. The fraction of sp³-hybridized carbons (Fsp3) is 0.176. The third-order valence-corrected chi connectivity index (χ3v) is 3.31. The van der Waals surface area contributed by atoms with Gasteiger partial charge >= 0.3 is 0 Å². The van der Waals surface area contributed by atoms with Crippen LogP contribution in [-0.4, -0.2) is 32.3 Å². The number of hydrogen-bond donors (Lipinski definition) is 1. The van der Waals surface area contributed by atoms with Crippen LogP contribution in [0.3, 0.4) is 0 Å². The second-order valence-electron chi connectivity index (χ2n) is 5.33. The van der Waals surface area contributed by atoms with Gasteiger partial charge in [0.05, 0.1) is 5.69 Å². The van der Waals surface area contributed by atoms with Gasteiger partial charge in [0, 0.05) is 17.5 Å². The summed E-state index contributed by atoms with van der Waals surface area (Å²) in [6.45, 7) is 3.59. The number of aromatic nitrogens is 4. The first-order chi connectivity index (χ1) is 11.5. The van der Waals surface area contributed by atoms with Crippen molar-refractivity contribution in [2.45, 2.75) is 13.8 Å². The van der Waals surface area contributed by atoms with E-state index < -0.39 is 5.91 Å². The zero-order valence-corrected chi connectivity index (χ0v) is 13.4. The molecule has 2 heterocycles. The van der Waals surface area contributed by atoms with Crippen LogP contribution in [0.1, 0.15) is 11.5 Å². The smallest absolute Gasteiger partial charge is 0.255 e. The summed E-state index contributed by atoms with van der Waals surface area (Å²) in [5.74, 6) is 1.36. The molecule has 0 unspecified atom stereocenters. The first-order valence-corrected chi connectivity index (χ1v) is 7.41. The van der Waals surface area contributed by atoms with Crippen LogP contribution in [0.15, 0.2) is 42.6 Å². The molecule has 2 aromatic heterocycles. The molecule has 0 aliphatic carbocycles. The van der Waals surface area contributed by atoms with Crippen molar-refractivity contribution >= 4 is 5.91 Å². The van der Waals surface area contributed by atoms with Crippen molar-refractivity contribution in [1.29, 1.82) is 0 Å². The second kappa shape index (κ2) is 6.49. The van der Waals surface area contributed by atoms with Gasteiger partial charge in [-0.25, -0.2) is 9.67 Å². The SMILES string of the molecule is Cc1cc(-n2nc(C)nc2-c2cccc(OCC(N)=O)c2)ccn1. The van der Waals surface area contributed by atoms with Gasteiger partial charge in [0.25, 0.3) is 5.91 Å². The van der Waals surface area contributed by atoms with Gasteiger partial charge in [0.15, 0.2) is 12.4 Å². The van der Waals surface area contributed by atoms with Crippen LogP contribution in [0.25, 0.3) is 17.1 Å². The molecule has 0 fully saturated rings. The molecule has 24 heavy (non-hydrogen) atoms. The van der Waals surface area contributed by atoms with Crippen LogP contribution in [0.5, 0.6) is 5.75 Å². The summed E-state index contributed by atoms with van der Waals surface area (Å²) < 4.78 is 7.12. The highest BCUT2D eigenvalue weighted by atomic mass is 16.5. The van der Waals surface area contributed by atoms with Crippen LogP contribution in [-0.2, 0) is 4.79 Å². The number of carbonyl (C=O) groups excluding carboxylic acids is 1. The number of ether oxygens (including phenoxy) is 1. The molecule has 0 radical (unpaired) electrons. The average molecular weight is 323 g/mol. The molecule has 3 aromatic rings. The normalized spacial score (nSPS) is 10.6. The van der Waals surface area contributed by atoms with Gasteiger partial charge in [-0.1, -0.05) is 12.1 Å². The van der Waals surface area contributed by atoms with Gasteiger partial charge in [-0.15, -0.1) is 0 Å². The minimum absolute atomic E-state index is 0.168. The van der Waals surface area contributed by atoms with E-state index in [0.29, 0.717) is 17.4 Å². The molecule has 7 heteroatoms. The molecule has 0 saturated heterocycles. The number of pyridine rings is 1. The number of amides is 1. The van der Waals surface area contributed by atoms with Crippen molar-refractivity contribution in [3.8, 4) is 22.8 Å². The van der Waals surface area contributed by atoms with Gasteiger partial charge in [0.1, 0.15) is 11.6 Å². The van der Waals surface area contributed by atoms with Crippen molar-refractivity contribution in [3.63, 3.8) is 0 Å². The van der Waals surface area contributed by atoms with Crippen molar-refractivity contribution in [2.24, 2.45) is 5.73 Å². The Morgan fingerprint density at radius 1 is 1.25 bits per heavy atom. The Bertz CT molecular complexity index is 888. The summed E-state index contributed by atoms with van der Waals surface area (Å²) in [7, 11) is 0.